The van der Waals surface area contributed by atoms with E-state index in [0.717, 1.165) is 11.1 Å². The van der Waals surface area contributed by atoms with Gasteiger partial charge in [-0.15, -0.1) is 5.69 Å². The molecule has 2 aromatic carbocycles. The first-order chi connectivity index (χ1) is 15.5. The molecule has 0 aliphatic heterocycles. The molecule has 0 aliphatic rings. The van der Waals surface area contributed by atoms with Crippen molar-refractivity contribution in [2.24, 2.45) is 0 Å². The molecule has 0 fully saturated rings. The minimum atomic E-state index is -3.77. The number of nitrogens with zero attached hydrogens (tertiary/aromatic N) is 3. The van der Waals surface area contributed by atoms with Gasteiger partial charge in [-0.1, -0.05) is 54.1 Å². The zero-order valence-corrected chi connectivity index (χ0v) is 19.9. The predicted molar refractivity (Wildman–Crippen MR) is 121 cm³/mol. The van der Waals surface area contributed by atoms with E-state index in [1.807, 2.05) is 56.3 Å². The molecule has 32 heavy (non-hydrogen) atoms. The standard InChI is InChI=1S/C19H17N2O2S.C5H5N.FH.Pd/c1-14-7-10-16(11-8-14)24(22,23)21-19-6-4-3-5-17(19)18-12-9-15(2)13-20-18;1-2-4-6-5-3-1;;/h3-13H,1-2H3;1-5H;1H;/q-1;;;+2/p-1. The number of aromatic nitrogens is 2. The Bertz CT molecular complexity index is 1160. The summed E-state index contributed by atoms with van der Waals surface area (Å²) in [5, 5.41) is 0. The minimum Gasteiger partial charge on any atom is -0.265 e. The number of halogens is 1. The number of hydrogen-bond acceptors (Lipinski definition) is 4. The monoisotopic (exact) mass is 541 g/mol. The van der Waals surface area contributed by atoms with Gasteiger partial charge in [-0.25, -0.2) is 8.42 Å². The summed E-state index contributed by atoms with van der Waals surface area (Å²) in [6.07, 6.45) is 5.25. The Hall–Kier alpha value is -2.92. The number of pyridine rings is 2. The largest absolute Gasteiger partial charge is 0.265 e. The smallest absolute Gasteiger partial charge is 0.0267 e. The third-order valence-corrected chi connectivity index (χ3v) is 5.50. The van der Waals surface area contributed by atoms with E-state index in [9.17, 15) is 11.6 Å². The first-order valence-electron chi connectivity index (χ1n) is 9.49. The van der Waals surface area contributed by atoms with Crippen molar-refractivity contribution < 1.29 is 31.4 Å². The van der Waals surface area contributed by atoms with Crippen LogP contribution in [-0.4, -0.2) is 18.4 Å². The van der Waals surface area contributed by atoms with Gasteiger partial charge in [0.1, 0.15) is 10.0 Å². The molecule has 0 atom stereocenters. The van der Waals surface area contributed by atoms with Gasteiger partial charge in [0.2, 0.25) is 0 Å². The Morgan fingerprint density at radius 3 is 1.94 bits per heavy atom. The van der Waals surface area contributed by atoms with Crippen LogP contribution in [-0.2, 0) is 29.7 Å². The van der Waals surface area contributed by atoms with Crippen LogP contribution in [0.15, 0.2) is 102 Å². The number of hydrogen-bond donors (Lipinski definition) is 0. The summed E-state index contributed by atoms with van der Waals surface area (Å²) in [4.78, 5) is 8.33. The zero-order chi connectivity index (χ0) is 23.4. The van der Waals surface area contributed by atoms with Gasteiger partial charge < -0.3 is 4.72 Å². The average Bonchev–Trinajstić information content (AvgIpc) is 2.83. The van der Waals surface area contributed by atoms with E-state index < -0.39 is 10.0 Å². The van der Waals surface area contributed by atoms with E-state index in [1.54, 1.807) is 55.0 Å². The third kappa shape index (κ3) is 7.65. The molecule has 5 nitrogen and oxygen atoms in total. The summed E-state index contributed by atoms with van der Waals surface area (Å²) < 4.78 is 38.5. The van der Waals surface area contributed by atoms with Crippen LogP contribution < -0.4 is 0 Å². The Morgan fingerprint density at radius 1 is 0.781 bits per heavy atom. The SMILES string of the molecule is Cc1ccc(S(=O)(=O)[N-]c2ccccc2-c2ccc(C)cn2)cc1.[F][Pd+].c1ccncc1. The molecule has 0 spiro atoms. The molecule has 0 bridgehead atoms. The van der Waals surface area contributed by atoms with Gasteiger partial charge in [0, 0.05) is 18.6 Å². The second-order valence-electron chi connectivity index (χ2n) is 6.64. The molecule has 168 valence electrons. The normalized spacial score (nSPS) is 10.2. The van der Waals surface area contributed by atoms with Crippen LogP contribution in [0.25, 0.3) is 16.0 Å². The van der Waals surface area contributed by atoms with Crippen LogP contribution in [0.5, 0.6) is 0 Å². The molecular weight excluding hydrogens is 520 g/mol. The summed E-state index contributed by atoms with van der Waals surface area (Å²) >= 11 is 1.25. The second kappa shape index (κ2) is 12.8. The summed E-state index contributed by atoms with van der Waals surface area (Å²) in [7, 11) is -3.77. The van der Waals surface area contributed by atoms with Gasteiger partial charge in [-0.2, -0.15) is 0 Å². The van der Waals surface area contributed by atoms with Crippen LogP contribution in [0.2, 0.25) is 0 Å². The molecular formula is C24H22FN3O2PdS. The van der Waals surface area contributed by atoms with Crippen molar-refractivity contribution in [3.8, 4) is 11.3 Å². The van der Waals surface area contributed by atoms with Gasteiger partial charge in [-0.05, 0) is 55.3 Å². The van der Waals surface area contributed by atoms with Crippen molar-refractivity contribution in [2.45, 2.75) is 18.7 Å². The van der Waals surface area contributed by atoms with E-state index in [4.69, 9.17) is 0 Å². The topological polar surface area (TPSA) is 74.0 Å². The maximum atomic E-state index is 12.6. The third-order valence-electron chi connectivity index (χ3n) is 4.20. The minimum absolute atomic E-state index is 0.180. The van der Waals surface area contributed by atoms with Gasteiger partial charge in [0.25, 0.3) is 0 Å². The van der Waals surface area contributed by atoms with Crippen molar-refractivity contribution in [2.75, 3.05) is 0 Å². The number of aryl methyl sites for hydroxylation is 2. The van der Waals surface area contributed by atoms with Crippen LogP contribution >= 0.6 is 0 Å². The summed E-state index contributed by atoms with van der Waals surface area (Å²) in [6.45, 7) is 3.86. The van der Waals surface area contributed by atoms with E-state index in [2.05, 4.69) is 14.7 Å². The van der Waals surface area contributed by atoms with Crippen molar-refractivity contribution in [3.05, 3.63) is 113 Å². The molecule has 0 radical (unpaired) electrons. The molecule has 2 heterocycles. The van der Waals surface area contributed by atoms with Crippen LogP contribution in [0.3, 0.4) is 0 Å². The zero-order valence-electron chi connectivity index (χ0n) is 17.5. The number of benzene rings is 2. The van der Waals surface area contributed by atoms with Gasteiger partial charge in [0.15, 0.2) is 0 Å². The van der Waals surface area contributed by atoms with E-state index in [0.29, 0.717) is 16.9 Å². The molecule has 0 saturated carbocycles. The predicted octanol–water partition coefficient (Wildman–Crippen LogP) is 6.26. The van der Waals surface area contributed by atoms with Crippen LogP contribution in [0.4, 0.5) is 8.91 Å². The molecule has 2 aromatic heterocycles. The second-order valence-corrected chi connectivity index (χ2v) is 8.25. The van der Waals surface area contributed by atoms with Gasteiger partial charge in [0.05, 0.1) is 10.6 Å². The molecule has 0 N–H and O–H groups in total. The fourth-order valence-corrected chi connectivity index (χ4v) is 3.61. The summed E-state index contributed by atoms with van der Waals surface area (Å²) in [6, 6.07) is 23.3. The molecule has 0 aliphatic carbocycles. The van der Waals surface area contributed by atoms with E-state index in [1.165, 1.54) is 19.7 Å². The van der Waals surface area contributed by atoms with Crippen molar-refractivity contribution in [1.29, 1.82) is 0 Å². The fraction of sp³-hybridized carbons (Fsp3) is 0.0833. The summed E-state index contributed by atoms with van der Waals surface area (Å²) in [5.41, 5.74) is 3.81. The Labute approximate surface area is 199 Å². The van der Waals surface area contributed by atoms with Crippen LogP contribution in [0.1, 0.15) is 11.1 Å². The maximum absolute atomic E-state index is 12.6. The fourth-order valence-electron chi connectivity index (χ4n) is 2.60. The molecule has 4 aromatic rings. The van der Waals surface area contributed by atoms with Crippen molar-refractivity contribution in [3.63, 3.8) is 0 Å². The average molecular weight is 542 g/mol. The summed E-state index contributed by atoms with van der Waals surface area (Å²) in [5.74, 6) is 0. The van der Waals surface area contributed by atoms with Gasteiger partial charge >= 0.3 is 22.9 Å². The van der Waals surface area contributed by atoms with Crippen molar-refractivity contribution in [1.82, 2.24) is 9.97 Å². The number of rotatable bonds is 4. The Morgan fingerprint density at radius 2 is 1.41 bits per heavy atom. The van der Waals surface area contributed by atoms with Crippen molar-refractivity contribution >= 4 is 15.7 Å². The molecule has 0 amide bonds. The molecule has 0 unspecified atom stereocenters. The number of sulfonamides is 1. The Kier molecular flexibility index (Phi) is 10.2. The van der Waals surface area contributed by atoms with Gasteiger partial charge in [-0.3, -0.25) is 9.97 Å². The quantitative estimate of drug-likeness (QED) is 0.286. The molecule has 0 saturated heterocycles. The van der Waals surface area contributed by atoms with E-state index in [-0.39, 0.29) is 4.90 Å². The Balaban J connectivity index is 0.000000387. The first-order valence-corrected chi connectivity index (χ1v) is 11.5. The molecule has 4 rings (SSSR count). The van der Waals surface area contributed by atoms with E-state index >= 15 is 0 Å². The molecule has 8 heteroatoms. The first kappa shape index (κ1) is 25.3. The van der Waals surface area contributed by atoms with Crippen LogP contribution in [0, 0.1) is 13.8 Å². The maximum Gasteiger partial charge on any atom is 0.0267 e.